The summed E-state index contributed by atoms with van der Waals surface area (Å²) in [7, 11) is 0. The van der Waals surface area contributed by atoms with Crippen LogP contribution in [0.25, 0.3) is 17.1 Å². The summed E-state index contributed by atoms with van der Waals surface area (Å²) in [6.45, 7) is 2.03. The second kappa shape index (κ2) is 8.19. The number of aromatic amines is 1. The molecule has 3 aromatic heterocycles. The zero-order valence-electron chi connectivity index (χ0n) is 15.8. The number of alkyl halides is 2. The fourth-order valence-electron chi connectivity index (χ4n) is 2.80. The number of benzene rings is 1. The Balaban J connectivity index is 1.50. The number of aryl methyl sites for hydroxylation is 1. The number of hydrogen-bond acceptors (Lipinski definition) is 6. The van der Waals surface area contributed by atoms with Gasteiger partial charge >= 0.3 is 0 Å². The molecule has 0 saturated carbocycles. The molecule has 0 aliphatic carbocycles. The first-order chi connectivity index (χ1) is 14.5. The number of aromatic nitrogens is 6. The van der Waals surface area contributed by atoms with Gasteiger partial charge in [0.25, 0.3) is 12.0 Å². The van der Waals surface area contributed by atoms with E-state index in [4.69, 9.17) is 4.74 Å². The minimum atomic E-state index is -2.52. The highest BCUT2D eigenvalue weighted by atomic mass is 19.3. The van der Waals surface area contributed by atoms with E-state index in [9.17, 15) is 13.6 Å². The highest BCUT2D eigenvalue weighted by Crippen LogP contribution is 2.22. The maximum atomic E-state index is 12.8. The van der Waals surface area contributed by atoms with Crippen LogP contribution < -0.4 is 10.3 Å². The van der Waals surface area contributed by atoms with Crippen LogP contribution in [0.2, 0.25) is 0 Å². The Labute approximate surface area is 169 Å². The van der Waals surface area contributed by atoms with Crippen LogP contribution >= 0.6 is 0 Å². The van der Waals surface area contributed by atoms with E-state index in [0.29, 0.717) is 17.1 Å². The minimum Gasteiger partial charge on any atom is -0.470 e. The van der Waals surface area contributed by atoms with Crippen molar-refractivity contribution < 1.29 is 13.5 Å². The molecule has 0 bridgehead atoms. The van der Waals surface area contributed by atoms with Gasteiger partial charge in [0.2, 0.25) is 5.88 Å². The van der Waals surface area contributed by atoms with E-state index in [0.717, 1.165) is 11.3 Å². The van der Waals surface area contributed by atoms with Crippen LogP contribution in [0.4, 0.5) is 8.78 Å². The van der Waals surface area contributed by atoms with Crippen LogP contribution in [0.5, 0.6) is 5.88 Å². The lowest BCUT2D eigenvalue weighted by atomic mass is 10.2. The van der Waals surface area contributed by atoms with Crippen LogP contribution in [0.3, 0.4) is 0 Å². The molecule has 1 N–H and O–H groups in total. The van der Waals surface area contributed by atoms with Crippen LogP contribution in [0.1, 0.15) is 23.2 Å². The van der Waals surface area contributed by atoms with Crippen LogP contribution in [-0.4, -0.2) is 29.9 Å². The lowest BCUT2D eigenvalue weighted by Crippen LogP contribution is -2.08. The second-order valence-corrected chi connectivity index (χ2v) is 6.42. The lowest BCUT2D eigenvalue weighted by molar-refractivity contribution is 0.151. The molecule has 4 aromatic rings. The summed E-state index contributed by atoms with van der Waals surface area (Å²) in [5, 5.41) is 12.4. The highest BCUT2D eigenvalue weighted by molar-refractivity contribution is 5.52. The highest BCUT2D eigenvalue weighted by Gasteiger charge is 2.13. The van der Waals surface area contributed by atoms with Gasteiger partial charge in [0.15, 0.2) is 0 Å². The molecule has 0 aliphatic rings. The zero-order valence-corrected chi connectivity index (χ0v) is 15.8. The molecule has 0 unspecified atom stereocenters. The van der Waals surface area contributed by atoms with Gasteiger partial charge in [-0.1, -0.05) is 12.1 Å². The second-order valence-electron chi connectivity index (χ2n) is 6.42. The normalized spacial score (nSPS) is 11.1. The molecule has 0 amide bonds. The van der Waals surface area contributed by atoms with Gasteiger partial charge in [-0.05, 0) is 30.7 Å². The molecular formula is C20H16F2N6O2. The molecule has 30 heavy (non-hydrogen) atoms. The van der Waals surface area contributed by atoms with Gasteiger partial charge in [0.1, 0.15) is 12.3 Å². The summed E-state index contributed by atoms with van der Waals surface area (Å²) in [6, 6.07) is 10.5. The number of H-pyrrole nitrogens is 1. The van der Waals surface area contributed by atoms with E-state index < -0.39 is 6.43 Å². The van der Waals surface area contributed by atoms with Gasteiger partial charge in [-0.3, -0.25) is 4.79 Å². The minimum absolute atomic E-state index is 0.0503. The van der Waals surface area contributed by atoms with Crippen molar-refractivity contribution in [3.63, 3.8) is 0 Å². The summed E-state index contributed by atoms with van der Waals surface area (Å²) in [5.41, 5.74) is 2.78. The molecular weight excluding hydrogens is 394 g/mol. The average Bonchev–Trinajstić information content (AvgIpc) is 3.13. The number of halogens is 2. The first-order valence-electron chi connectivity index (χ1n) is 8.95. The Morgan fingerprint density at radius 1 is 1.10 bits per heavy atom. The molecule has 0 aliphatic heterocycles. The van der Waals surface area contributed by atoms with E-state index in [1.807, 2.05) is 6.92 Å². The molecule has 10 heteroatoms. The smallest absolute Gasteiger partial charge is 0.263 e. The van der Waals surface area contributed by atoms with Gasteiger partial charge in [-0.15, -0.1) is 10.2 Å². The van der Waals surface area contributed by atoms with E-state index in [1.54, 1.807) is 35.1 Å². The summed E-state index contributed by atoms with van der Waals surface area (Å²) in [6.07, 6.45) is 0.446. The van der Waals surface area contributed by atoms with E-state index in [-0.39, 0.29) is 23.6 Å². The van der Waals surface area contributed by atoms with Crippen molar-refractivity contribution in [2.75, 3.05) is 0 Å². The molecule has 0 fully saturated rings. The van der Waals surface area contributed by atoms with Crippen molar-refractivity contribution in [3.8, 4) is 23.0 Å². The standard InChI is InChI=1S/C20H16F2N6O2/c1-12-9-25-28(14-4-2-13(3-5-14)20(21)22)17(12)10-30-19-7-6-15(26-27-19)16-8-18(29)24-11-23-16/h2-9,11,20H,10H2,1H3,(H,23,24,29). The Hall–Kier alpha value is -3.95. The molecule has 3 heterocycles. The summed E-state index contributed by atoms with van der Waals surface area (Å²) < 4.78 is 32.9. The monoisotopic (exact) mass is 410 g/mol. The first kappa shape index (κ1) is 19.4. The average molecular weight is 410 g/mol. The fourth-order valence-corrected chi connectivity index (χ4v) is 2.80. The van der Waals surface area contributed by atoms with E-state index in [2.05, 4.69) is 25.3 Å². The van der Waals surface area contributed by atoms with Crippen LogP contribution in [0, 0.1) is 6.92 Å². The number of nitrogens with zero attached hydrogens (tertiary/aromatic N) is 5. The van der Waals surface area contributed by atoms with Crippen molar-refractivity contribution in [1.29, 1.82) is 0 Å². The fraction of sp³-hybridized carbons (Fsp3) is 0.150. The molecule has 0 atom stereocenters. The van der Waals surface area contributed by atoms with Gasteiger partial charge in [-0.25, -0.2) is 18.4 Å². The van der Waals surface area contributed by atoms with Gasteiger partial charge in [0.05, 0.1) is 29.6 Å². The number of ether oxygens (including phenoxy) is 1. The van der Waals surface area contributed by atoms with E-state index in [1.165, 1.54) is 24.5 Å². The van der Waals surface area contributed by atoms with Crippen molar-refractivity contribution in [3.05, 3.63) is 82.2 Å². The molecule has 1 aromatic carbocycles. The van der Waals surface area contributed by atoms with Crippen molar-refractivity contribution in [1.82, 2.24) is 29.9 Å². The zero-order chi connectivity index (χ0) is 21.1. The topological polar surface area (TPSA) is 98.6 Å². The quantitative estimate of drug-likeness (QED) is 0.524. The maximum Gasteiger partial charge on any atom is 0.263 e. The first-order valence-corrected chi connectivity index (χ1v) is 8.95. The van der Waals surface area contributed by atoms with Gasteiger partial charge in [-0.2, -0.15) is 5.10 Å². The van der Waals surface area contributed by atoms with Crippen LogP contribution in [0.15, 0.2) is 59.8 Å². The molecule has 0 spiro atoms. The molecule has 152 valence electrons. The van der Waals surface area contributed by atoms with Crippen LogP contribution in [-0.2, 0) is 6.61 Å². The van der Waals surface area contributed by atoms with Crippen molar-refractivity contribution >= 4 is 0 Å². The summed E-state index contributed by atoms with van der Waals surface area (Å²) in [4.78, 5) is 17.9. The van der Waals surface area contributed by atoms with Crippen molar-refractivity contribution in [2.45, 2.75) is 20.0 Å². The molecule has 0 radical (unpaired) electrons. The molecule has 4 rings (SSSR count). The van der Waals surface area contributed by atoms with Gasteiger partial charge < -0.3 is 9.72 Å². The Morgan fingerprint density at radius 2 is 1.90 bits per heavy atom. The van der Waals surface area contributed by atoms with Gasteiger partial charge in [0, 0.05) is 17.7 Å². The lowest BCUT2D eigenvalue weighted by Gasteiger charge is -2.10. The largest absolute Gasteiger partial charge is 0.470 e. The Kier molecular flexibility index (Phi) is 5.29. The maximum absolute atomic E-state index is 12.8. The number of rotatable bonds is 6. The number of hydrogen-bond donors (Lipinski definition) is 1. The third-order valence-electron chi connectivity index (χ3n) is 4.40. The third kappa shape index (κ3) is 4.07. The summed E-state index contributed by atoms with van der Waals surface area (Å²) >= 11 is 0. The predicted octanol–water partition coefficient (Wildman–Crippen LogP) is 3.24. The molecule has 8 nitrogen and oxygen atoms in total. The predicted molar refractivity (Wildman–Crippen MR) is 103 cm³/mol. The summed E-state index contributed by atoms with van der Waals surface area (Å²) in [5.74, 6) is 0.281. The Bertz CT molecular complexity index is 1200. The van der Waals surface area contributed by atoms with Crippen molar-refractivity contribution in [2.24, 2.45) is 0 Å². The molecule has 0 saturated heterocycles. The third-order valence-corrected chi connectivity index (χ3v) is 4.40. The number of nitrogens with one attached hydrogen (secondary N) is 1. The Morgan fingerprint density at radius 3 is 2.57 bits per heavy atom. The van der Waals surface area contributed by atoms with E-state index >= 15 is 0 Å². The SMILES string of the molecule is Cc1cnn(-c2ccc(C(F)F)cc2)c1COc1ccc(-c2cc(=O)[nH]cn2)nn1.